The zero-order valence-corrected chi connectivity index (χ0v) is 18.8. The number of hydrogen-bond acceptors (Lipinski definition) is 6. The van der Waals surface area contributed by atoms with Crippen molar-refractivity contribution in [2.75, 3.05) is 26.1 Å². The highest BCUT2D eigenvalue weighted by Gasteiger charge is 2.19. The van der Waals surface area contributed by atoms with E-state index in [0.717, 1.165) is 5.56 Å². The highest BCUT2D eigenvalue weighted by atomic mass is 35.5. The smallest absolute Gasteiger partial charge is 0.278 e. The van der Waals surface area contributed by atoms with Crippen LogP contribution in [0.3, 0.4) is 0 Å². The Kier molecular flexibility index (Phi) is 7.67. The van der Waals surface area contributed by atoms with E-state index in [-0.39, 0.29) is 18.1 Å². The van der Waals surface area contributed by atoms with Crippen LogP contribution in [0.4, 0.5) is 5.69 Å². The summed E-state index contributed by atoms with van der Waals surface area (Å²) in [5.41, 5.74) is 2.09. The van der Waals surface area contributed by atoms with Gasteiger partial charge in [0.25, 0.3) is 5.91 Å². The first-order valence-electron chi connectivity index (χ1n) is 9.86. The topological polar surface area (TPSA) is 107 Å². The fourth-order valence-corrected chi connectivity index (χ4v) is 3.13. The van der Waals surface area contributed by atoms with E-state index in [0.29, 0.717) is 40.9 Å². The predicted molar refractivity (Wildman–Crippen MR) is 120 cm³/mol. The number of amides is 2. The van der Waals surface area contributed by atoms with E-state index in [1.165, 1.54) is 18.9 Å². The number of anilines is 1. The van der Waals surface area contributed by atoms with E-state index in [1.54, 1.807) is 25.1 Å². The first-order valence-corrected chi connectivity index (χ1v) is 10.2. The summed E-state index contributed by atoms with van der Waals surface area (Å²) >= 11 is 5.87. The first-order chi connectivity index (χ1) is 15.4. The van der Waals surface area contributed by atoms with Crippen LogP contribution in [0.5, 0.6) is 11.5 Å². The molecule has 32 heavy (non-hydrogen) atoms. The normalized spacial score (nSPS) is 10.5. The number of aromatic nitrogens is 3. The van der Waals surface area contributed by atoms with E-state index in [9.17, 15) is 9.59 Å². The number of rotatable bonds is 9. The lowest BCUT2D eigenvalue weighted by molar-refractivity contribution is -0.121. The van der Waals surface area contributed by atoms with Crippen LogP contribution < -0.4 is 20.1 Å². The Morgan fingerprint density at radius 2 is 1.84 bits per heavy atom. The molecule has 0 saturated heterocycles. The predicted octanol–water partition coefficient (Wildman–Crippen LogP) is 2.87. The van der Waals surface area contributed by atoms with Crippen LogP contribution in [-0.2, 0) is 17.8 Å². The van der Waals surface area contributed by atoms with Crippen molar-refractivity contribution < 1.29 is 19.1 Å². The van der Waals surface area contributed by atoms with Gasteiger partial charge in [0.2, 0.25) is 5.91 Å². The number of benzene rings is 2. The summed E-state index contributed by atoms with van der Waals surface area (Å²) < 4.78 is 11.8. The second kappa shape index (κ2) is 10.6. The highest BCUT2D eigenvalue weighted by molar-refractivity contribution is 6.30. The standard InChI is InChI=1S/C22H24ClN5O4/c1-14-21(22(30)25-18-12-17(31-2)8-9-19(18)32-3)26-27-28(14)13-20(29)24-11-10-15-4-6-16(23)7-5-15/h4-9,12H,10-11,13H2,1-3H3,(H,24,29)(H,25,30). The van der Waals surface area contributed by atoms with Crippen LogP contribution in [0.1, 0.15) is 21.7 Å². The molecule has 0 spiro atoms. The van der Waals surface area contributed by atoms with Crippen molar-refractivity contribution in [2.24, 2.45) is 0 Å². The molecule has 1 aromatic heterocycles. The Labute approximate surface area is 190 Å². The summed E-state index contributed by atoms with van der Waals surface area (Å²) in [7, 11) is 3.04. The fourth-order valence-electron chi connectivity index (χ4n) is 3.00. The van der Waals surface area contributed by atoms with Crippen LogP contribution in [0.15, 0.2) is 42.5 Å². The maximum absolute atomic E-state index is 12.7. The SMILES string of the molecule is COc1ccc(OC)c(NC(=O)c2nnn(CC(=O)NCCc3ccc(Cl)cc3)c2C)c1. The van der Waals surface area contributed by atoms with Crippen LogP contribution in [0.2, 0.25) is 5.02 Å². The number of nitrogens with one attached hydrogen (secondary N) is 2. The van der Waals surface area contributed by atoms with E-state index >= 15 is 0 Å². The van der Waals surface area contributed by atoms with Gasteiger partial charge in [0.15, 0.2) is 5.69 Å². The molecule has 0 aliphatic carbocycles. The maximum Gasteiger partial charge on any atom is 0.278 e. The summed E-state index contributed by atoms with van der Waals surface area (Å²) in [6.45, 7) is 2.10. The number of hydrogen-bond donors (Lipinski definition) is 2. The Bertz CT molecular complexity index is 1100. The average molecular weight is 458 g/mol. The quantitative estimate of drug-likeness (QED) is 0.511. The van der Waals surface area contributed by atoms with Gasteiger partial charge in [-0.3, -0.25) is 9.59 Å². The molecule has 2 N–H and O–H groups in total. The molecule has 2 amide bonds. The van der Waals surface area contributed by atoms with Crippen molar-refractivity contribution in [3.8, 4) is 11.5 Å². The van der Waals surface area contributed by atoms with E-state index in [2.05, 4.69) is 20.9 Å². The molecule has 9 nitrogen and oxygen atoms in total. The van der Waals surface area contributed by atoms with Gasteiger partial charge in [-0.15, -0.1) is 5.10 Å². The van der Waals surface area contributed by atoms with Gasteiger partial charge in [0, 0.05) is 17.6 Å². The molecule has 0 aliphatic heterocycles. The number of halogens is 1. The molecule has 3 aromatic rings. The van der Waals surface area contributed by atoms with Crippen molar-refractivity contribution in [1.29, 1.82) is 0 Å². The molecule has 0 aliphatic rings. The average Bonchev–Trinajstić information content (AvgIpc) is 3.15. The summed E-state index contributed by atoms with van der Waals surface area (Å²) in [5.74, 6) is 0.345. The van der Waals surface area contributed by atoms with Gasteiger partial charge >= 0.3 is 0 Å². The Morgan fingerprint density at radius 3 is 2.53 bits per heavy atom. The number of carbonyl (C=O) groups is 2. The molecule has 0 unspecified atom stereocenters. The third-order valence-corrected chi connectivity index (χ3v) is 5.05. The van der Waals surface area contributed by atoms with Gasteiger partial charge in [-0.05, 0) is 43.2 Å². The van der Waals surface area contributed by atoms with Crippen molar-refractivity contribution in [3.63, 3.8) is 0 Å². The largest absolute Gasteiger partial charge is 0.497 e. The van der Waals surface area contributed by atoms with Gasteiger partial charge in [0.05, 0.1) is 25.6 Å². The Morgan fingerprint density at radius 1 is 1.09 bits per heavy atom. The number of ether oxygens (including phenoxy) is 2. The summed E-state index contributed by atoms with van der Waals surface area (Å²) in [5, 5.41) is 14.1. The number of nitrogens with zero attached hydrogens (tertiary/aromatic N) is 3. The monoisotopic (exact) mass is 457 g/mol. The zero-order chi connectivity index (χ0) is 23.1. The molecule has 3 rings (SSSR count). The minimum Gasteiger partial charge on any atom is -0.497 e. The van der Waals surface area contributed by atoms with Crippen LogP contribution >= 0.6 is 11.6 Å². The van der Waals surface area contributed by atoms with E-state index < -0.39 is 5.91 Å². The summed E-state index contributed by atoms with van der Waals surface area (Å²) in [6, 6.07) is 12.5. The van der Waals surface area contributed by atoms with E-state index in [1.807, 2.05) is 24.3 Å². The molecular weight excluding hydrogens is 434 g/mol. The van der Waals surface area contributed by atoms with Gasteiger partial charge in [-0.2, -0.15) is 0 Å². The maximum atomic E-state index is 12.7. The Balaban J connectivity index is 1.59. The minimum absolute atomic E-state index is 0.0464. The molecule has 0 atom stereocenters. The number of carbonyl (C=O) groups excluding carboxylic acids is 2. The van der Waals surface area contributed by atoms with Crippen LogP contribution in [0.25, 0.3) is 0 Å². The van der Waals surface area contributed by atoms with Crippen LogP contribution in [-0.4, -0.2) is 47.6 Å². The van der Waals surface area contributed by atoms with Gasteiger partial charge in [-0.25, -0.2) is 4.68 Å². The summed E-state index contributed by atoms with van der Waals surface area (Å²) in [6.07, 6.45) is 0.676. The van der Waals surface area contributed by atoms with Crippen molar-refractivity contribution in [2.45, 2.75) is 19.9 Å². The van der Waals surface area contributed by atoms with Crippen molar-refractivity contribution in [1.82, 2.24) is 20.3 Å². The van der Waals surface area contributed by atoms with Crippen molar-refractivity contribution >= 4 is 29.1 Å². The zero-order valence-electron chi connectivity index (χ0n) is 18.0. The highest BCUT2D eigenvalue weighted by Crippen LogP contribution is 2.29. The third kappa shape index (κ3) is 5.76. The molecule has 168 valence electrons. The second-order valence-electron chi connectivity index (χ2n) is 6.93. The van der Waals surface area contributed by atoms with Crippen LogP contribution in [0, 0.1) is 6.92 Å². The molecule has 1 heterocycles. The molecular formula is C22H24ClN5O4. The van der Waals surface area contributed by atoms with Gasteiger partial charge < -0.3 is 20.1 Å². The third-order valence-electron chi connectivity index (χ3n) is 4.79. The molecule has 10 heteroatoms. The lowest BCUT2D eigenvalue weighted by Crippen LogP contribution is -2.30. The fraction of sp³-hybridized carbons (Fsp3) is 0.273. The lowest BCUT2D eigenvalue weighted by atomic mass is 10.1. The summed E-state index contributed by atoms with van der Waals surface area (Å²) in [4.78, 5) is 25.0. The number of methoxy groups -OCH3 is 2. The van der Waals surface area contributed by atoms with Gasteiger partial charge in [0.1, 0.15) is 18.0 Å². The Hall–Kier alpha value is -3.59. The second-order valence-corrected chi connectivity index (χ2v) is 7.36. The molecule has 0 fully saturated rings. The van der Waals surface area contributed by atoms with E-state index in [4.69, 9.17) is 21.1 Å². The molecule has 2 aromatic carbocycles. The van der Waals surface area contributed by atoms with Crippen molar-refractivity contribution in [3.05, 3.63) is 64.4 Å². The minimum atomic E-state index is -0.469. The molecule has 0 saturated carbocycles. The molecule has 0 bridgehead atoms. The first kappa shape index (κ1) is 23.1. The van der Waals surface area contributed by atoms with Gasteiger partial charge in [-0.1, -0.05) is 28.9 Å². The molecule has 0 radical (unpaired) electrons. The lowest BCUT2D eigenvalue weighted by Gasteiger charge is -2.11.